The van der Waals surface area contributed by atoms with E-state index in [9.17, 15) is 0 Å². The van der Waals surface area contributed by atoms with Crippen LogP contribution in [0, 0.1) is 36.1 Å². The zero-order valence-electron chi connectivity index (χ0n) is 10.6. The van der Waals surface area contributed by atoms with E-state index in [1.165, 1.54) is 16.4 Å². The summed E-state index contributed by atoms with van der Waals surface area (Å²) in [5.74, 6) is 9.61. The Balaban J connectivity index is 2.12. The number of hydrogen-bond donors (Lipinski definition) is 1. The third-order valence-corrected chi connectivity index (χ3v) is 3.95. The molecule has 1 aliphatic carbocycles. The molecule has 1 atom stereocenters. The average Bonchev–Trinajstić information content (AvgIpc) is 2.91. The molecule has 0 radical (unpaired) electrons. The summed E-state index contributed by atoms with van der Waals surface area (Å²) < 4.78 is 1.35. The number of thioether (sulfide) groups is 1. The second-order valence-corrected chi connectivity index (χ2v) is 5.12. The van der Waals surface area contributed by atoms with Crippen molar-refractivity contribution in [3.05, 3.63) is 0 Å². The van der Waals surface area contributed by atoms with Crippen molar-refractivity contribution in [3.63, 3.8) is 0 Å². The first-order chi connectivity index (χ1) is 9.85. The van der Waals surface area contributed by atoms with E-state index in [0.29, 0.717) is 5.16 Å². The monoisotopic (exact) mass is 285 g/mol. The summed E-state index contributed by atoms with van der Waals surface area (Å²) in [7, 11) is 0. The number of rotatable bonds is 2. The molecule has 1 fully saturated rings. The molecule has 7 heteroatoms. The van der Waals surface area contributed by atoms with Gasteiger partial charge in [0.1, 0.15) is 0 Å². The van der Waals surface area contributed by atoms with Gasteiger partial charge in [-0.25, -0.2) is 0 Å². The van der Waals surface area contributed by atoms with Crippen LogP contribution < -0.4 is 0 Å². The fraction of sp³-hybridized carbons (Fsp3) is 0.385. The average molecular weight is 285 g/mol. The minimum Gasteiger partial charge on any atom is -0.411 e. The van der Waals surface area contributed by atoms with Crippen LogP contribution in [0.25, 0.3) is 0 Å². The second kappa shape index (κ2) is 7.23. The Kier molecular flexibility index (Phi) is 5.06. The molecule has 0 amide bonds. The lowest BCUT2D eigenvalue weighted by Gasteiger charge is -2.20. The summed E-state index contributed by atoms with van der Waals surface area (Å²) in [6.45, 7) is 0. The van der Waals surface area contributed by atoms with Crippen LogP contribution in [0.5, 0.6) is 0 Å². The molecule has 1 saturated carbocycles. The SMILES string of the molecule is C#CC#CC#Cn1nnnc1SC1CCCC/C1=N\O. The molecule has 6 nitrogen and oxygen atoms in total. The van der Waals surface area contributed by atoms with Crippen molar-refractivity contribution in [1.29, 1.82) is 0 Å². The molecule has 1 aromatic heterocycles. The van der Waals surface area contributed by atoms with Crippen molar-refractivity contribution in [2.24, 2.45) is 5.16 Å². The maximum atomic E-state index is 9.01. The molecule has 0 spiro atoms. The molecular formula is C13H11N5OS. The number of terminal acetylenes is 1. The van der Waals surface area contributed by atoms with Gasteiger partial charge in [-0.1, -0.05) is 23.3 Å². The number of hydrogen-bond acceptors (Lipinski definition) is 6. The minimum absolute atomic E-state index is 0.0806. The molecule has 2 rings (SSSR count). The van der Waals surface area contributed by atoms with Crippen LogP contribution in [-0.2, 0) is 0 Å². The first kappa shape index (κ1) is 14.0. The van der Waals surface area contributed by atoms with E-state index < -0.39 is 0 Å². The van der Waals surface area contributed by atoms with Gasteiger partial charge in [0.2, 0.25) is 5.16 Å². The van der Waals surface area contributed by atoms with E-state index >= 15 is 0 Å². The van der Waals surface area contributed by atoms with Crippen LogP contribution >= 0.6 is 11.8 Å². The molecule has 0 aromatic carbocycles. The highest BCUT2D eigenvalue weighted by atomic mass is 32.2. The van der Waals surface area contributed by atoms with E-state index in [-0.39, 0.29) is 5.25 Å². The third kappa shape index (κ3) is 3.54. The summed E-state index contributed by atoms with van der Waals surface area (Å²) in [6, 6.07) is 2.69. The fourth-order valence-corrected chi connectivity index (χ4v) is 2.91. The lowest BCUT2D eigenvalue weighted by atomic mass is 9.98. The molecule has 1 N–H and O–H groups in total. The number of aromatic nitrogens is 4. The van der Waals surface area contributed by atoms with Crippen LogP contribution in [0.2, 0.25) is 0 Å². The van der Waals surface area contributed by atoms with E-state index in [0.717, 1.165) is 31.4 Å². The van der Waals surface area contributed by atoms with Gasteiger partial charge in [0.15, 0.2) is 0 Å². The van der Waals surface area contributed by atoms with Crippen molar-refractivity contribution in [2.45, 2.75) is 36.1 Å². The smallest absolute Gasteiger partial charge is 0.223 e. The highest BCUT2D eigenvalue weighted by Crippen LogP contribution is 2.30. The highest BCUT2D eigenvalue weighted by Gasteiger charge is 2.24. The summed E-state index contributed by atoms with van der Waals surface area (Å²) in [4.78, 5) is 0. The van der Waals surface area contributed by atoms with E-state index in [1.807, 2.05) is 0 Å². The van der Waals surface area contributed by atoms with Gasteiger partial charge in [-0.3, -0.25) is 0 Å². The molecule has 1 unspecified atom stereocenters. The number of oxime groups is 1. The van der Waals surface area contributed by atoms with Gasteiger partial charge in [-0.05, 0) is 41.5 Å². The van der Waals surface area contributed by atoms with Crippen molar-refractivity contribution in [1.82, 2.24) is 20.2 Å². The summed E-state index contributed by atoms with van der Waals surface area (Å²) in [5, 5.41) is 24.3. The topological polar surface area (TPSA) is 76.2 Å². The van der Waals surface area contributed by atoms with Crippen LogP contribution in [0.1, 0.15) is 25.7 Å². The zero-order chi connectivity index (χ0) is 14.2. The molecule has 1 aromatic rings. The van der Waals surface area contributed by atoms with Gasteiger partial charge in [-0.15, -0.1) is 16.2 Å². The quantitative estimate of drug-likeness (QED) is 0.498. The van der Waals surface area contributed by atoms with Gasteiger partial charge in [0.25, 0.3) is 0 Å². The van der Waals surface area contributed by atoms with Crippen LogP contribution in [-0.4, -0.2) is 36.4 Å². The lowest BCUT2D eigenvalue weighted by Crippen LogP contribution is -2.22. The Morgan fingerprint density at radius 2 is 2.25 bits per heavy atom. The van der Waals surface area contributed by atoms with Crippen molar-refractivity contribution < 1.29 is 5.21 Å². The maximum absolute atomic E-state index is 9.01. The Bertz CT molecular complexity index is 665. The Morgan fingerprint density at radius 3 is 3.05 bits per heavy atom. The van der Waals surface area contributed by atoms with E-state index in [4.69, 9.17) is 11.6 Å². The van der Waals surface area contributed by atoms with Crippen molar-refractivity contribution in [2.75, 3.05) is 0 Å². The predicted molar refractivity (Wildman–Crippen MR) is 74.9 cm³/mol. The molecule has 100 valence electrons. The Morgan fingerprint density at radius 1 is 1.35 bits per heavy atom. The minimum atomic E-state index is 0.0806. The third-order valence-electron chi connectivity index (χ3n) is 2.70. The van der Waals surface area contributed by atoms with Crippen molar-refractivity contribution >= 4 is 17.5 Å². The normalized spacial score (nSPS) is 19.4. The molecule has 1 heterocycles. The zero-order valence-corrected chi connectivity index (χ0v) is 11.4. The van der Waals surface area contributed by atoms with Gasteiger partial charge in [0, 0.05) is 11.8 Å². The maximum Gasteiger partial charge on any atom is 0.223 e. The first-order valence-corrected chi connectivity index (χ1v) is 6.85. The summed E-state index contributed by atoms with van der Waals surface area (Å²) >= 11 is 1.44. The lowest BCUT2D eigenvalue weighted by molar-refractivity contribution is 0.314. The largest absolute Gasteiger partial charge is 0.411 e. The molecule has 0 saturated heterocycles. The van der Waals surface area contributed by atoms with Gasteiger partial charge in [0.05, 0.1) is 17.0 Å². The van der Waals surface area contributed by atoms with Crippen LogP contribution in [0.4, 0.5) is 0 Å². The second-order valence-electron chi connectivity index (χ2n) is 3.95. The number of tetrazole rings is 1. The van der Waals surface area contributed by atoms with Crippen LogP contribution in [0.3, 0.4) is 0 Å². The standard InChI is InChI=1S/C13H11N5OS/c1-2-3-4-7-10-18-13(14-16-17-18)20-12-9-6-5-8-11(12)15-19/h1,12,19H,5-6,8-9H2/b15-11+. The summed E-state index contributed by atoms with van der Waals surface area (Å²) in [5.41, 5.74) is 0.774. The van der Waals surface area contributed by atoms with E-state index in [1.54, 1.807) is 0 Å². The Labute approximate surface area is 121 Å². The van der Waals surface area contributed by atoms with Gasteiger partial charge >= 0.3 is 0 Å². The number of nitrogens with zero attached hydrogens (tertiary/aromatic N) is 5. The fourth-order valence-electron chi connectivity index (χ4n) is 1.80. The van der Waals surface area contributed by atoms with Gasteiger partial charge < -0.3 is 5.21 Å². The highest BCUT2D eigenvalue weighted by molar-refractivity contribution is 8.00. The van der Waals surface area contributed by atoms with E-state index in [2.05, 4.69) is 50.4 Å². The Hall–Kier alpha value is -2.43. The molecule has 20 heavy (non-hydrogen) atoms. The summed E-state index contributed by atoms with van der Waals surface area (Å²) in [6.07, 6.45) is 8.86. The first-order valence-electron chi connectivity index (χ1n) is 5.97. The molecule has 1 aliphatic rings. The molecule has 0 bridgehead atoms. The predicted octanol–water partition coefficient (Wildman–Crippen LogP) is 0.984. The van der Waals surface area contributed by atoms with Gasteiger partial charge in [-0.2, -0.15) is 0 Å². The molecular weight excluding hydrogens is 274 g/mol. The molecule has 0 aliphatic heterocycles. The van der Waals surface area contributed by atoms with Crippen LogP contribution in [0.15, 0.2) is 10.3 Å². The van der Waals surface area contributed by atoms with Crippen molar-refractivity contribution in [3.8, 4) is 36.1 Å².